The van der Waals surface area contributed by atoms with Crippen LogP contribution in [-0.4, -0.2) is 66.0 Å². The molecule has 2 aromatic rings. The Balaban J connectivity index is 1.24. The number of nitrogens with zero attached hydrogens (tertiary/aromatic N) is 4. The molecule has 0 N–H and O–H groups in total. The third-order valence-electron chi connectivity index (χ3n) is 5.91. The van der Waals surface area contributed by atoms with Crippen LogP contribution in [0.4, 0.5) is 0 Å². The molecule has 1 atom stereocenters. The summed E-state index contributed by atoms with van der Waals surface area (Å²) in [5, 5.41) is 4.68. The molecule has 3 heterocycles. The van der Waals surface area contributed by atoms with Crippen LogP contribution in [0.25, 0.3) is 11.1 Å². The molecule has 0 saturated heterocycles. The van der Waals surface area contributed by atoms with Crippen molar-refractivity contribution in [3.63, 3.8) is 0 Å². The molecule has 0 spiro atoms. The average molecular weight is 409 g/mol. The van der Waals surface area contributed by atoms with Crippen LogP contribution in [-0.2, 0) is 11.2 Å². The van der Waals surface area contributed by atoms with Gasteiger partial charge in [0.25, 0.3) is 0 Å². The smallest absolute Gasteiger partial charge is 0.316 e. The Bertz CT molecular complexity index is 898. The van der Waals surface area contributed by atoms with Gasteiger partial charge in [-0.05, 0) is 42.0 Å². The van der Waals surface area contributed by atoms with Gasteiger partial charge in [0.1, 0.15) is 12.4 Å². The summed E-state index contributed by atoms with van der Waals surface area (Å²) in [6.45, 7) is 4.22. The van der Waals surface area contributed by atoms with E-state index in [1.165, 1.54) is 18.4 Å². The molecule has 2 aliphatic heterocycles. The third-order valence-corrected chi connectivity index (χ3v) is 5.91. The fraction of sp³-hybridized carbons (Fsp3) is 0.478. The van der Waals surface area contributed by atoms with Crippen molar-refractivity contribution in [1.29, 1.82) is 0 Å². The van der Waals surface area contributed by atoms with Crippen molar-refractivity contribution in [1.82, 2.24) is 20.0 Å². The molecule has 1 fully saturated rings. The van der Waals surface area contributed by atoms with Crippen LogP contribution in [0.3, 0.4) is 0 Å². The first-order valence-electron chi connectivity index (χ1n) is 10.7. The van der Waals surface area contributed by atoms with Gasteiger partial charge in [-0.1, -0.05) is 12.1 Å². The molecule has 1 saturated carbocycles. The molecule has 158 valence electrons. The largest absolute Gasteiger partial charge is 0.491 e. The summed E-state index contributed by atoms with van der Waals surface area (Å²) in [6, 6.07) is 6.96. The van der Waals surface area contributed by atoms with Gasteiger partial charge in [-0.15, -0.1) is 0 Å². The van der Waals surface area contributed by atoms with Crippen molar-refractivity contribution >= 4 is 0 Å². The molecular formula is C23H28N4O3. The second-order valence-corrected chi connectivity index (χ2v) is 8.15. The lowest BCUT2D eigenvalue weighted by Crippen LogP contribution is -2.48. The van der Waals surface area contributed by atoms with E-state index < -0.39 is 0 Å². The molecular weight excluding hydrogens is 380 g/mol. The highest BCUT2D eigenvalue weighted by Gasteiger charge is 2.29. The lowest BCUT2D eigenvalue weighted by atomic mass is 9.98. The number of ether oxygens (including phenoxy) is 3. The van der Waals surface area contributed by atoms with Crippen LogP contribution in [0, 0.1) is 5.92 Å². The number of rotatable bonds is 8. The number of hydrazine groups is 1. The van der Waals surface area contributed by atoms with Gasteiger partial charge in [-0.25, -0.2) is 15.0 Å². The zero-order valence-electron chi connectivity index (χ0n) is 17.4. The van der Waals surface area contributed by atoms with Crippen molar-refractivity contribution in [2.45, 2.75) is 25.3 Å². The average Bonchev–Trinajstić information content (AvgIpc) is 3.51. The molecule has 7 heteroatoms. The predicted octanol–water partition coefficient (Wildman–Crippen LogP) is 2.93. The molecule has 30 heavy (non-hydrogen) atoms. The zero-order valence-corrected chi connectivity index (χ0v) is 17.4. The molecule has 1 aliphatic carbocycles. The Labute approximate surface area is 177 Å². The Morgan fingerprint density at radius 1 is 1.17 bits per heavy atom. The number of methoxy groups -OCH3 is 1. The van der Waals surface area contributed by atoms with E-state index in [2.05, 4.69) is 50.5 Å². The minimum atomic E-state index is 0.280. The number of hydrogen-bond donors (Lipinski definition) is 0. The standard InChI is InChI=1S/C23H28N4O3/c1-28-23-24-13-20(14-25-23)18-5-6-22-19(11-18)12-21(16-30-22)27-8-2-7-26(27)9-10-29-15-17-3-4-17/h2,5-6,8,11,13-14,17,21H,3-4,7,9-10,12,15-16H2,1H3/t21-/m1/s1. The molecule has 1 aromatic carbocycles. The fourth-order valence-corrected chi connectivity index (χ4v) is 4.03. The van der Waals surface area contributed by atoms with Gasteiger partial charge >= 0.3 is 6.01 Å². The van der Waals surface area contributed by atoms with Gasteiger partial charge in [0.2, 0.25) is 0 Å². The Kier molecular flexibility index (Phi) is 5.55. The van der Waals surface area contributed by atoms with Gasteiger partial charge in [0, 0.05) is 50.3 Å². The number of aromatic nitrogens is 2. The van der Waals surface area contributed by atoms with E-state index in [1.54, 1.807) is 19.5 Å². The normalized spacial score (nSPS) is 20.8. The predicted molar refractivity (Wildman–Crippen MR) is 113 cm³/mol. The summed E-state index contributed by atoms with van der Waals surface area (Å²) in [6.07, 6.45) is 11.6. The van der Waals surface area contributed by atoms with E-state index in [4.69, 9.17) is 14.2 Å². The lowest BCUT2D eigenvalue weighted by molar-refractivity contribution is -0.0306. The maximum absolute atomic E-state index is 6.10. The Morgan fingerprint density at radius 3 is 2.83 bits per heavy atom. The summed E-state index contributed by atoms with van der Waals surface area (Å²) < 4.78 is 17.0. The van der Waals surface area contributed by atoms with E-state index >= 15 is 0 Å². The molecule has 1 aromatic heterocycles. The van der Waals surface area contributed by atoms with Gasteiger partial charge in [0.15, 0.2) is 0 Å². The van der Waals surface area contributed by atoms with E-state index in [-0.39, 0.29) is 6.04 Å². The maximum Gasteiger partial charge on any atom is 0.316 e. The highest BCUT2D eigenvalue weighted by atomic mass is 16.5. The molecule has 7 nitrogen and oxygen atoms in total. The van der Waals surface area contributed by atoms with E-state index in [0.29, 0.717) is 12.6 Å². The van der Waals surface area contributed by atoms with Crippen LogP contribution in [0.15, 0.2) is 42.9 Å². The van der Waals surface area contributed by atoms with Gasteiger partial charge in [0.05, 0.1) is 19.8 Å². The first-order chi connectivity index (χ1) is 14.8. The van der Waals surface area contributed by atoms with E-state index in [0.717, 1.165) is 55.5 Å². The first-order valence-corrected chi connectivity index (χ1v) is 10.7. The summed E-state index contributed by atoms with van der Waals surface area (Å²) in [5.74, 6) is 1.78. The van der Waals surface area contributed by atoms with Gasteiger partial charge < -0.3 is 19.2 Å². The molecule has 0 amide bonds. The van der Waals surface area contributed by atoms with Crippen LogP contribution in [0.2, 0.25) is 0 Å². The quantitative estimate of drug-likeness (QED) is 0.623. The molecule has 0 radical (unpaired) electrons. The number of fused-ring (bicyclic) bond motifs is 1. The minimum Gasteiger partial charge on any atom is -0.491 e. The number of benzene rings is 1. The van der Waals surface area contributed by atoms with E-state index in [9.17, 15) is 0 Å². The summed E-state index contributed by atoms with van der Waals surface area (Å²) in [4.78, 5) is 8.45. The Morgan fingerprint density at radius 2 is 2.03 bits per heavy atom. The molecule has 5 rings (SSSR count). The van der Waals surface area contributed by atoms with E-state index in [1.807, 2.05) is 0 Å². The van der Waals surface area contributed by atoms with Crippen LogP contribution in [0.1, 0.15) is 18.4 Å². The van der Waals surface area contributed by atoms with Crippen LogP contribution >= 0.6 is 0 Å². The third kappa shape index (κ3) is 4.27. The number of hydrogen-bond acceptors (Lipinski definition) is 7. The highest BCUT2D eigenvalue weighted by Crippen LogP contribution is 2.32. The van der Waals surface area contributed by atoms with Crippen LogP contribution in [0.5, 0.6) is 11.8 Å². The molecule has 3 aliphatic rings. The minimum absolute atomic E-state index is 0.280. The SMILES string of the molecule is COc1ncc(-c2ccc3c(c2)C[C@@H](N2C=CCN2CCOCC2CC2)CO3)cn1. The maximum atomic E-state index is 6.10. The Hall–Kier alpha value is -2.64. The topological polar surface area (TPSA) is 60.0 Å². The van der Waals surface area contributed by atoms with Gasteiger partial charge in [-0.2, -0.15) is 0 Å². The second kappa shape index (κ2) is 8.62. The van der Waals surface area contributed by atoms with Crippen molar-refractivity contribution < 1.29 is 14.2 Å². The lowest BCUT2D eigenvalue weighted by Gasteiger charge is -2.38. The molecule has 0 unspecified atom stereocenters. The molecule has 0 bridgehead atoms. The summed E-state index contributed by atoms with van der Waals surface area (Å²) in [5.41, 5.74) is 3.27. The van der Waals surface area contributed by atoms with Crippen molar-refractivity contribution in [3.8, 4) is 22.9 Å². The summed E-state index contributed by atoms with van der Waals surface area (Å²) in [7, 11) is 1.57. The summed E-state index contributed by atoms with van der Waals surface area (Å²) >= 11 is 0. The first kappa shape index (κ1) is 19.3. The van der Waals surface area contributed by atoms with Crippen molar-refractivity contribution in [2.24, 2.45) is 5.92 Å². The fourth-order valence-electron chi connectivity index (χ4n) is 4.03. The van der Waals surface area contributed by atoms with Crippen molar-refractivity contribution in [2.75, 3.05) is 40.0 Å². The van der Waals surface area contributed by atoms with Crippen molar-refractivity contribution in [3.05, 3.63) is 48.4 Å². The van der Waals surface area contributed by atoms with Crippen LogP contribution < -0.4 is 9.47 Å². The highest BCUT2D eigenvalue weighted by molar-refractivity contribution is 5.64. The monoisotopic (exact) mass is 408 g/mol. The second-order valence-electron chi connectivity index (χ2n) is 8.15. The van der Waals surface area contributed by atoms with Gasteiger partial charge in [-0.3, -0.25) is 0 Å². The zero-order chi connectivity index (χ0) is 20.3.